The SMILES string of the molecule is COc1ccc2nccc([C@H](O)CC[C@@H]3CCN(CCCCc4ccccc4F)C[C@H]3CCC(=O)O)c2c1. The second-order valence-corrected chi connectivity index (χ2v) is 10.5. The van der Waals surface area contributed by atoms with Crippen molar-refractivity contribution in [3.63, 3.8) is 0 Å². The first-order valence-corrected chi connectivity index (χ1v) is 13.7. The number of carboxylic acids is 1. The van der Waals surface area contributed by atoms with Crippen molar-refractivity contribution in [2.24, 2.45) is 11.8 Å². The Balaban J connectivity index is 1.32. The number of methoxy groups -OCH3 is 1. The van der Waals surface area contributed by atoms with Gasteiger partial charge in [0.2, 0.25) is 0 Å². The molecule has 1 saturated heterocycles. The maximum atomic E-state index is 13.9. The van der Waals surface area contributed by atoms with Crippen LogP contribution >= 0.6 is 0 Å². The minimum absolute atomic E-state index is 0.136. The first kappa shape index (κ1) is 28.0. The number of carboxylic acid groups (broad SMARTS) is 1. The summed E-state index contributed by atoms with van der Waals surface area (Å²) in [5.41, 5.74) is 2.44. The molecule has 3 aromatic rings. The van der Waals surface area contributed by atoms with Crippen molar-refractivity contribution in [3.05, 3.63) is 71.7 Å². The van der Waals surface area contributed by atoms with Gasteiger partial charge in [0.1, 0.15) is 11.6 Å². The van der Waals surface area contributed by atoms with Gasteiger partial charge in [0.15, 0.2) is 0 Å². The second kappa shape index (κ2) is 13.7. The van der Waals surface area contributed by atoms with Crippen LogP contribution in [0, 0.1) is 17.7 Å². The van der Waals surface area contributed by atoms with Gasteiger partial charge in [0.25, 0.3) is 0 Å². The number of aliphatic carboxylic acids is 1. The summed E-state index contributed by atoms with van der Waals surface area (Å²) in [4.78, 5) is 18.2. The Morgan fingerprint density at radius 1 is 1.16 bits per heavy atom. The third kappa shape index (κ3) is 7.51. The van der Waals surface area contributed by atoms with Gasteiger partial charge < -0.3 is 19.8 Å². The number of aryl methyl sites for hydroxylation is 1. The number of fused-ring (bicyclic) bond motifs is 1. The van der Waals surface area contributed by atoms with Gasteiger partial charge in [-0.2, -0.15) is 0 Å². The normalized spacial score (nSPS) is 18.9. The number of hydrogen-bond donors (Lipinski definition) is 2. The van der Waals surface area contributed by atoms with Crippen LogP contribution in [0.1, 0.15) is 62.2 Å². The zero-order valence-electron chi connectivity index (χ0n) is 22.2. The summed E-state index contributed by atoms with van der Waals surface area (Å²) >= 11 is 0. The van der Waals surface area contributed by atoms with E-state index in [2.05, 4.69) is 9.88 Å². The Kier molecular flexibility index (Phi) is 10.1. The molecule has 1 aromatic heterocycles. The summed E-state index contributed by atoms with van der Waals surface area (Å²) < 4.78 is 19.2. The minimum atomic E-state index is -0.761. The fraction of sp³-hybridized carbons (Fsp3) is 0.484. The highest BCUT2D eigenvalue weighted by molar-refractivity contribution is 5.83. The van der Waals surface area contributed by atoms with Gasteiger partial charge >= 0.3 is 5.97 Å². The van der Waals surface area contributed by atoms with Gasteiger partial charge in [-0.1, -0.05) is 18.2 Å². The molecule has 0 amide bonds. The highest BCUT2D eigenvalue weighted by atomic mass is 19.1. The van der Waals surface area contributed by atoms with E-state index in [-0.39, 0.29) is 18.2 Å². The summed E-state index contributed by atoms with van der Waals surface area (Å²) in [6.45, 7) is 2.79. The van der Waals surface area contributed by atoms with Crippen LogP contribution in [0.2, 0.25) is 0 Å². The number of aliphatic hydroxyl groups excluding tert-OH is 1. The lowest BCUT2D eigenvalue weighted by atomic mass is 9.79. The summed E-state index contributed by atoms with van der Waals surface area (Å²) in [5.74, 6) is 0.495. The molecule has 0 spiro atoms. The highest BCUT2D eigenvalue weighted by Crippen LogP contribution is 2.35. The molecule has 2 aromatic carbocycles. The molecule has 1 fully saturated rings. The van der Waals surface area contributed by atoms with Crippen molar-refractivity contribution in [2.75, 3.05) is 26.7 Å². The molecule has 0 unspecified atom stereocenters. The number of carbonyl (C=O) groups is 1. The Hall–Kier alpha value is -3.03. The zero-order chi connectivity index (χ0) is 26.9. The standard InChI is InChI=1S/C31H39FN2O4/c1-38-25-11-12-29-27(20-25)26(15-17-33-29)30(35)13-9-22-16-19-34(21-24(22)10-14-31(36)37)18-5-4-7-23-6-2-3-8-28(23)32/h2-3,6,8,11-12,15,17,20,22,24,30,35H,4-5,7,9-10,13-14,16,18-19,21H2,1H3,(H,36,37)/t22-,24-,30-/m1/s1. The first-order valence-electron chi connectivity index (χ1n) is 13.7. The predicted molar refractivity (Wildman–Crippen MR) is 147 cm³/mol. The van der Waals surface area contributed by atoms with E-state index in [1.807, 2.05) is 36.4 Å². The molecule has 4 rings (SSSR count). The molecule has 6 nitrogen and oxygen atoms in total. The van der Waals surface area contributed by atoms with Crippen LogP contribution in [0.5, 0.6) is 5.75 Å². The van der Waals surface area contributed by atoms with E-state index in [0.717, 1.165) is 79.5 Å². The molecule has 1 aliphatic rings. The topological polar surface area (TPSA) is 82.9 Å². The van der Waals surface area contributed by atoms with Crippen molar-refractivity contribution in [1.29, 1.82) is 0 Å². The lowest BCUT2D eigenvalue weighted by molar-refractivity contribution is -0.137. The smallest absolute Gasteiger partial charge is 0.303 e. The number of pyridine rings is 1. The van der Waals surface area contributed by atoms with Gasteiger partial charge in [-0.25, -0.2) is 4.39 Å². The highest BCUT2D eigenvalue weighted by Gasteiger charge is 2.30. The van der Waals surface area contributed by atoms with Crippen LogP contribution in [0.25, 0.3) is 10.9 Å². The van der Waals surface area contributed by atoms with E-state index < -0.39 is 12.1 Å². The van der Waals surface area contributed by atoms with Crippen LogP contribution in [0.15, 0.2) is 54.7 Å². The van der Waals surface area contributed by atoms with Gasteiger partial charge in [0, 0.05) is 24.5 Å². The van der Waals surface area contributed by atoms with Crippen molar-refractivity contribution < 1.29 is 24.1 Å². The molecular weight excluding hydrogens is 483 g/mol. The zero-order valence-corrected chi connectivity index (χ0v) is 22.2. The maximum absolute atomic E-state index is 13.9. The molecule has 1 aliphatic heterocycles. The predicted octanol–water partition coefficient (Wildman–Crippen LogP) is 6.02. The van der Waals surface area contributed by atoms with Gasteiger partial charge in [-0.05, 0) is 111 Å². The Labute approximate surface area is 224 Å². The Bertz CT molecular complexity index is 1200. The number of likely N-dealkylation sites (tertiary alicyclic amines) is 1. The van der Waals surface area contributed by atoms with Gasteiger partial charge in [0.05, 0.1) is 18.7 Å². The molecule has 38 heavy (non-hydrogen) atoms. The van der Waals surface area contributed by atoms with Gasteiger partial charge in [-0.15, -0.1) is 0 Å². The summed E-state index contributed by atoms with van der Waals surface area (Å²) in [6.07, 6.45) is 7.04. The monoisotopic (exact) mass is 522 g/mol. The molecule has 7 heteroatoms. The molecule has 0 bridgehead atoms. The summed E-state index contributed by atoms with van der Waals surface area (Å²) in [7, 11) is 1.63. The molecule has 204 valence electrons. The summed E-state index contributed by atoms with van der Waals surface area (Å²) in [6, 6.07) is 14.5. The third-order valence-electron chi connectivity index (χ3n) is 7.99. The minimum Gasteiger partial charge on any atom is -0.497 e. The van der Waals surface area contributed by atoms with E-state index in [1.165, 1.54) is 6.07 Å². The number of rotatable bonds is 13. The third-order valence-corrected chi connectivity index (χ3v) is 7.99. The number of benzene rings is 2. The van der Waals surface area contributed by atoms with Gasteiger partial charge in [-0.3, -0.25) is 9.78 Å². The van der Waals surface area contributed by atoms with E-state index in [0.29, 0.717) is 18.8 Å². The molecule has 2 N–H and O–H groups in total. The molecule has 0 saturated carbocycles. The number of aliphatic hydroxyl groups is 1. The van der Waals surface area contributed by atoms with Crippen molar-refractivity contribution in [1.82, 2.24) is 9.88 Å². The van der Waals surface area contributed by atoms with E-state index in [9.17, 15) is 19.4 Å². The number of hydrogen-bond acceptors (Lipinski definition) is 5. The fourth-order valence-corrected chi connectivity index (χ4v) is 5.82. The van der Waals surface area contributed by atoms with Crippen LogP contribution in [-0.2, 0) is 11.2 Å². The lowest BCUT2D eigenvalue weighted by Crippen LogP contribution is -2.41. The second-order valence-electron chi connectivity index (χ2n) is 10.5. The quantitative estimate of drug-likeness (QED) is 0.267. The van der Waals surface area contributed by atoms with Crippen LogP contribution in [-0.4, -0.2) is 52.8 Å². The molecule has 0 radical (unpaired) electrons. The number of nitrogens with zero attached hydrogens (tertiary/aromatic N) is 2. The lowest BCUT2D eigenvalue weighted by Gasteiger charge is -2.39. The van der Waals surface area contributed by atoms with Crippen LogP contribution < -0.4 is 4.74 Å². The molecule has 0 aliphatic carbocycles. The number of halogens is 1. The van der Waals surface area contributed by atoms with Crippen molar-refractivity contribution in [2.45, 2.75) is 57.5 Å². The van der Waals surface area contributed by atoms with Crippen molar-refractivity contribution in [3.8, 4) is 5.75 Å². The van der Waals surface area contributed by atoms with E-state index >= 15 is 0 Å². The average Bonchev–Trinajstić information content (AvgIpc) is 2.93. The maximum Gasteiger partial charge on any atom is 0.303 e. The average molecular weight is 523 g/mol. The molecule has 2 heterocycles. The number of unbranched alkanes of at least 4 members (excludes halogenated alkanes) is 1. The van der Waals surface area contributed by atoms with E-state index in [4.69, 9.17) is 4.74 Å². The Morgan fingerprint density at radius 2 is 2.00 bits per heavy atom. The number of piperidine rings is 1. The molecular formula is C31H39FN2O4. The number of ether oxygens (including phenoxy) is 1. The van der Waals surface area contributed by atoms with E-state index in [1.54, 1.807) is 19.4 Å². The number of aromatic nitrogens is 1. The Morgan fingerprint density at radius 3 is 2.79 bits per heavy atom. The van der Waals surface area contributed by atoms with Crippen molar-refractivity contribution >= 4 is 16.9 Å². The fourth-order valence-electron chi connectivity index (χ4n) is 5.82. The van der Waals surface area contributed by atoms with Crippen LogP contribution in [0.4, 0.5) is 4.39 Å². The van der Waals surface area contributed by atoms with Crippen LogP contribution in [0.3, 0.4) is 0 Å². The summed E-state index contributed by atoms with van der Waals surface area (Å²) in [5, 5.41) is 21.3. The largest absolute Gasteiger partial charge is 0.497 e. The molecule has 3 atom stereocenters. The first-order chi connectivity index (χ1) is 18.4.